The third-order valence-corrected chi connectivity index (χ3v) is 4.29. The molecule has 2 aromatic heterocycles. The van der Waals surface area contributed by atoms with E-state index in [1.165, 1.54) is 4.68 Å². The lowest BCUT2D eigenvalue weighted by Gasteiger charge is -2.16. The van der Waals surface area contributed by atoms with Crippen molar-refractivity contribution in [3.63, 3.8) is 0 Å². The van der Waals surface area contributed by atoms with Crippen LogP contribution in [0.1, 0.15) is 19.9 Å². The van der Waals surface area contributed by atoms with Crippen LogP contribution in [-0.4, -0.2) is 49.7 Å². The maximum absolute atomic E-state index is 12.9. The number of hydrogen-bond donors (Lipinski definition) is 0. The van der Waals surface area contributed by atoms with E-state index in [2.05, 4.69) is 31.2 Å². The van der Waals surface area contributed by atoms with Crippen molar-refractivity contribution < 1.29 is 19.1 Å². The average Bonchev–Trinajstić information content (AvgIpc) is 3.10. The quantitative estimate of drug-likeness (QED) is 0.409. The van der Waals surface area contributed by atoms with Gasteiger partial charge < -0.3 is 9.47 Å². The Morgan fingerprint density at radius 1 is 1.11 bits per heavy atom. The van der Waals surface area contributed by atoms with Crippen LogP contribution in [0.15, 0.2) is 39.9 Å². The molecule has 28 heavy (non-hydrogen) atoms. The van der Waals surface area contributed by atoms with Gasteiger partial charge in [0.2, 0.25) is 6.04 Å². The second-order valence-electron chi connectivity index (χ2n) is 5.51. The van der Waals surface area contributed by atoms with Crippen molar-refractivity contribution in [2.75, 3.05) is 13.2 Å². The lowest BCUT2D eigenvalue weighted by Crippen LogP contribution is -2.37. The predicted octanol–water partition coefficient (Wildman–Crippen LogP) is 1.41. The molecule has 0 spiro atoms. The topological polar surface area (TPSA) is 118 Å². The Balaban J connectivity index is 2.10. The standard InChI is InChI=1S/C17H16BrN5O5/c1-3-27-16(25)13(17(26)28-4-2)22-9-19-14-12(15(22)24)20-21-23(14)11-7-5-10(18)6-8-11/h5-9,13H,3-4H2,1-2H3. The molecule has 0 aliphatic heterocycles. The van der Waals surface area contributed by atoms with Gasteiger partial charge in [0.15, 0.2) is 11.2 Å². The minimum absolute atomic E-state index is 0.0406. The van der Waals surface area contributed by atoms with Crippen molar-refractivity contribution in [2.45, 2.75) is 19.9 Å². The van der Waals surface area contributed by atoms with E-state index < -0.39 is 23.5 Å². The molecule has 10 nitrogen and oxygen atoms in total. The zero-order valence-electron chi connectivity index (χ0n) is 15.0. The van der Waals surface area contributed by atoms with Gasteiger partial charge in [-0.1, -0.05) is 21.1 Å². The zero-order chi connectivity index (χ0) is 20.3. The first-order valence-corrected chi connectivity index (χ1v) is 9.19. The van der Waals surface area contributed by atoms with Gasteiger partial charge >= 0.3 is 11.9 Å². The summed E-state index contributed by atoms with van der Waals surface area (Å²) in [7, 11) is 0. The molecule has 0 aliphatic carbocycles. The van der Waals surface area contributed by atoms with E-state index in [1.54, 1.807) is 26.0 Å². The summed E-state index contributed by atoms with van der Waals surface area (Å²) in [5, 5.41) is 7.83. The molecule has 0 unspecified atom stereocenters. The summed E-state index contributed by atoms with van der Waals surface area (Å²) in [4.78, 5) is 41.6. The molecular formula is C17H16BrN5O5. The molecule has 0 atom stereocenters. The van der Waals surface area contributed by atoms with Crippen LogP contribution in [0, 0.1) is 0 Å². The highest BCUT2D eigenvalue weighted by Gasteiger charge is 2.33. The third-order valence-electron chi connectivity index (χ3n) is 3.76. The Morgan fingerprint density at radius 3 is 2.29 bits per heavy atom. The highest BCUT2D eigenvalue weighted by atomic mass is 79.9. The molecule has 3 aromatic rings. The smallest absolute Gasteiger partial charge is 0.341 e. The fourth-order valence-corrected chi connectivity index (χ4v) is 2.79. The van der Waals surface area contributed by atoms with Crippen LogP contribution in [0.4, 0.5) is 0 Å². The number of hydrogen-bond acceptors (Lipinski definition) is 8. The van der Waals surface area contributed by atoms with Gasteiger partial charge in [-0.05, 0) is 38.1 Å². The van der Waals surface area contributed by atoms with Crippen molar-refractivity contribution in [3.8, 4) is 5.69 Å². The molecule has 0 N–H and O–H groups in total. The molecule has 0 radical (unpaired) electrons. The van der Waals surface area contributed by atoms with Crippen molar-refractivity contribution in [1.29, 1.82) is 0 Å². The number of esters is 2. The minimum Gasteiger partial charge on any atom is -0.464 e. The number of fused-ring (bicyclic) bond motifs is 1. The van der Waals surface area contributed by atoms with Crippen LogP contribution < -0.4 is 5.56 Å². The number of carbonyl (C=O) groups excluding carboxylic acids is 2. The molecule has 11 heteroatoms. The molecule has 0 saturated heterocycles. The molecule has 0 amide bonds. The molecule has 2 heterocycles. The van der Waals surface area contributed by atoms with Crippen LogP contribution >= 0.6 is 15.9 Å². The summed E-state index contributed by atoms with van der Waals surface area (Å²) in [6.45, 7) is 3.26. The predicted molar refractivity (Wildman–Crippen MR) is 101 cm³/mol. The summed E-state index contributed by atoms with van der Waals surface area (Å²) < 4.78 is 12.9. The van der Waals surface area contributed by atoms with Crippen LogP contribution in [0.2, 0.25) is 0 Å². The minimum atomic E-state index is -1.61. The second kappa shape index (κ2) is 8.30. The van der Waals surface area contributed by atoms with E-state index in [0.717, 1.165) is 15.4 Å². The summed E-state index contributed by atoms with van der Waals surface area (Å²) in [6.07, 6.45) is 1.09. The summed E-state index contributed by atoms with van der Waals surface area (Å²) >= 11 is 3.35. The van der Waals surface area contributed by atoms with Crippen LogP contribution in [0.25, 0.3) is 16.9 Å². The third kappa shape index (κ3) is 3.65. The van der Waals surface area contributed by atoms with Crippen LogP contribution in [-0.2, 0) is 19.1 Å². The largest absolute Gasteiger partial charge is 0.464 e. The first kappa shape index (κ1) is 19.7. The van der Waals surface area contributed by atoms with Gasteiger partial charge in [0.1, 0.15) is 6.33 Å². The van der Waals surface area contributed by atoms with Gasteiger partial charge in [-0.25, -0.2) is 14.6 Å². The summed E-state index contributed by atoms with van der Waals surface area (Å²) in [5.41, 5.74) is 0.0289. The first-order valence-electron chi connectivity index (χ1n) is 8.39. The molecule has 0 saturated carbocycles. The Kier molecular flexibility index (Phi) is 5.83. The molecule has 1 aromatic carbocycles. The van der Waals surface area contributed by atoms with Crippen LogP contribution in [0.3, 0.4) is 0 Å². The second-order valence-corrected chi connectivity index (χ2v) is 6.43. The van der Waals surface area contributed by atoms with E-state index in [9.17, 15) is 14.4 Å². The molecule has 0 fully saturated rings. The lowest BCUT2D eigenvalue weighted by atomic mass is 10.3. The SMILES string of the molecule is CCOC(=O)C(C(=O)OCC)n1cnc2c(nnn2-c2ccc(Br)cc2)c1=O. The maximum atomic E-state index is 12.9. The van der Waals surface area contributed by atoms with Gasteiger partial charge in [0.05, 0.1) is 18.9 Å². The van der Waals surface area contributed by atoms with Crippen molar-refractivity contribution in [1.82, 2.24) is 24.5 Å². The van der Waals surface area contributed by atoms with Crippen LogP contribution in [0.5, 0.6) is 0 Å². The van der Waals surface area contributed by atoms with Gasteiger partial charge in [-0.3, -0.25) is 9.36 Å². The van der Waals surface area contributed by atoms with Gasteiger partial charge in [-0.15, -0.1) is 5.10 Å². The number of aromatic nitrogens is 5. The van der Waals surface area contributed by atoms with E-state index >= 15 is 0 Å². The monoisotopic (exact) mass is 449 g/mol. The summed E-state index contributed by atoms with van der Waals surface area (Å²) in [6, 6.07) is 5.54. The maximum Gasteiger partial charge on any atom is 0.341 e. The Morgan fingerprint density at radius 2 is 1.71 bits per heavy atom. The lowest BCUT2D eigenvalue weighted by molar-refractivity contribution is -0.160. The Hall–Kier alpha value is -3.08. The Labute approximate surface area is 167 Å². The molecule has 0 bridgehead atoms. The molecular weight excluding hydrogens is 434 g/mol. The number of carbonyl (C=O) groups is 2. The first-order chi connectivity index (χ1) is 13.5. The van der Waals surface area contributed by atoms with Crippen molar-refractivity contribution >= 4 is 39.0 Å². The number of halogens is 1. The molecule has 3 rings (SSSR count). The van der Waals surface area contributed by atoms with E-state index in [4.69, 9.17) is 9.47 Å². The number of nitrogens with zero attached hydrogens (tertiary/aromatic N) is 5. The number of ether oxygens (including phenoxy) is 2. The fraction of sp³-hybridized carbons (Fsp3) is 0.294. The normalized spacial score (nSPS) is 11.0. The fourth-order valence-electron chi connectivity index (χ4n) is 2.53. The molecule has 0 aliphatic rings. The van der Waals surface area contributed by atoms with Gasteiger partial charge in [-0.2, -0.15) is 4.68 Å². The highest BCUT2D eigenvalue weighted by molar-refractivity contribution is 9.10. The molecule has 146 valence electrons. The number of benzene rings is 1. The van der Waals surface area contributed by atoms with E-state index in [0.29, 0.717) is 5.69 Å². The highest BCUT2D eigenvalue weighted by Crippen LogP contribution is 2.17. The van der Waals surface area contributed by atoms with E-state index in [1.807, 2.05) is 12.1 Å². The van der Waals surface area contributed by atoms with E-state index in [-0.39, 0.29) is 24.4 Å². The summed E-state index contributed by atoms with van der Waals surface area (Å²) in [5.74, 6) is -1.82. The van der Waals surface area contributed by atoms with Gasteiger partial charge in [0.25, 0.3) is 5.56 Å². The average molecular weight is 450 g/mol. The van der Waals surface area contributed by atoms with Crippen molar-refractivity contribution in [3.05, 3.63) is 45.4 Å². The number of rotatable bonds is 6. The zero-order valence-corrected chi connectivity index (χ0v) is 16.6. The van der Waals surface area contributed by atoms with Gasteiger partial charge in [0, 0.05) is 4.47 Å². The Bertz CT molecular complexity index is 1060. The van der Waals surface area contributed by atoms with Crippen molar-refractivity contribution in [2.24, 2.45) is 0 Å².